The molecule has 0 radical (unpaired) electrons. The number of hydrogen-bond donors (Lipinski definition) is 2. The van der Waals surface area contributed by atoms with E-state index in [9.17, 15) is 5.11 Å². The van der Waals surface area contributed by atoms with Crippen molar-refractivity contribution < 1.29 is 5.11 Å². The van der Waals surface area contributed by atoms with Gasteiger partial charge in [-0.15, -0.1) is 0 Å². The Hall–Kier alpha value is -2.03. The normalized spacial score (nSPS) is 9.87. The van der Waals surface area contributed by atoms with Crippen LogP contribution < -0.4 is 5.32 Å². The maximum atomic E-state index is 9.26. The first kappa shape index (κ1) is 9.52. The van der Waals surface area contributed by atoms with Crippen molar-refractivity contribution >= 4 is 5.69 Å². The predicted molar refractivity (Wildman–Crippen MR) is 59.7 cm³/mol. The molecule has 76 valence electrons. The average Bonchev–Trinajstić information content (AvgIpc) is 2.28. The van der Waals surface area contributed by atoms with Gasteiger partial charge in [0.25, 0.3) is 0 Å². The summed E-state index contributed by atoms with van der Waals surface area (Å²) in [6.07, 6.45) is 3.56. The molecule has 0 spiro atoms. The molecule has 0 aliphatic carbocycles. The van der Waals surface area contributed by atoms with E-state index in [1.807, 2.05) is 24.4 Å². The lowest BCUT2D eigenvalue weighted by Crippen LogP contribution is -1.98. The second-order valence-electron chi connectivity index (χ2n) is 3.27. The van der Waals surface area contributed by atoms with Crippen molar-refractivity contribution in [1.82, 2.24) is 4.98 Å². The van der Waals surface area contributed by atoms with Crippen LogP contribution in [0.2, 0.25) is 0 Å². The van der Waals surface area contributed by atoms with Gasteiger partial charge >= 0.3 is 0 Å². The number of phenolic OH excluding ortho intramolecular Hbond substituents is 1. The van der Waals surface area contributed by atoms with E-state index in [0.29, 0.717) is 6.54 Å². The van der Waals surface area contributed by atoms with E-state index in [2.05, 4.69) is 10.3 Å². The highest BCUT2D eigenvalue weighted by molar-refractivity contribution is 5.47. The van der Waals surface area contributed by atoms with Gasteiger partial charge in [0, 0.05) is 30.7 Å². The van der Waals surface area contributed by atoms with Gasteiger partial charge < -0.3 is 10.4 Å². The number of hydrogen-bond acceptors (Lipinski definition) is 3. The Morgan fingerprint density at radius 3 is 2.87 bits per heavy atom. The molecule has 0 unspecified atom stereocenters. The molecule has 0 aliphatic rings. The average molecular weight is 200 g/mol. The van der Waals surface area contributed by atoms with Crippen LogP contribution in [0.1, 0.15) is 5.56 Å². The van der Waals surface area contributed by atoms with Crippen LogP contribution in [0.15, 0.2) is 48.8 Å². The van der Waals surface area contributed by atoms with Gasteiger partial charge in [0.1, 0.15) is 5.75 Å². The van der Waals surface area contributed by atoms with Crippen molar-refractivity contribution in [2.75, 3.05) is 5.32 Å². The fraction of sp³-hybridized carbons (Fsp3) is 0.0833. The smallest absolute Gasteiger partial charge is 0.117 e. The highest BCUT2D eigenvalue weighted by atomic mass is 16.3. The molecular formula is C12H12N2O. The maximum absolute atomic E-state index is 9.26. The van der Waals surface area contributed by atoms with E-state index in [1.165, 1.54) is 0 Å². The molecule has 0 aliphatic heterocycles. The van der Waals surface area contributed by atoms with E-state index in [1.54, 1.807) is 24.4 Å². The number of rotatable bonds is 3. The molecule has 3 heteroatoms. The Kier molecular flexibility index (Phi) is 2.83. The standard InChI is InChI=1S/C12H12N2O/c15-12-5-1-4-11(7-12)14-9-10-3-2-6-13-8-10/h1-8,14-15H,9H2. The van der Waals surface area contributed by atoms with Crippen molar-refractivity contribution in [2.45, 2.75) is 6.54 Å². The van der Waals surface area contributed by atoms with E-state index in [-0.39, 0.29) is 5.75 Å². The number of anilines is 1. The minimum Gasteiger partial charge on any atom is -0.508 e. The number of phenols is 1. The van der Waals surface area contributed by atoms with E-state index < -0.39 is 0 Å². The molecule has 2 rings (SSSR count). The Morgan fingerprint density at radius 2 is 2.13 bits per heavy atom. The van der Waals surface area contributed by atoms with Gasteiger partial charge in [0.05, 0.1) is 0 Å². The second kappa shape index (κ2) is 4.46. The summed E-state index contributed by atoms with van der Waals surface area (Å²) in [5.74, 6) is 0.270. The third-order valence-electron chi connectivity index (χ3n) is 2.07. The van der Waals surface area contributed by atoms with Crippen molar-refractivity contribution in [1.29, 1.82) is 0 Å². The van der Waals surface area contributed by atoms with Gasteiger partial charge in [0.15, 0.2) is 0 Å². The molecule has 1 heterocycles. The van der Waals surface area contributed by atoms with Crippen LogP contribution >= 0.6 is 0 Å². The molecule has 0 saturated heterocycles. The number of pyridine rings is 1. The fourth-order valence-corrected chi connectivity index (χ4v) is 1.32. The summed E-state index contributed by atoms with van der Waals surface area (Å²) in [7, 11) is 0. The van der Waals surface area contributed by atoms with Crippen LogP contribution in [-0.2, 0) is 6.54 Å². The SMILES string of the molecule is Oc1cccc(NCc2cccnc2)c1. The summed E-state index contributed by atoms with van der Waals surface area (Å²) in [5.41, 5.74) is 2.01. The van der Waals surface area contributed by atoms with Gasteiger partial charge in [-0.2, -0.15) is 0 Å². The summed E-state index contributed by atoms with van der Waals surface area (Å²) < 4.78 is 0. The molecular weight excluding hydrogens is 188 g/mol. The largest absolute Gasteiger partial charge is 0.508 e. The van der Waals surface area contributed by atoms with Crippen LogP contribution in [0.25, 0.3) is 0 Å². The van der Waals surface area contributed by atoms with Crippen molar-refractivity contribution in [3.05, 3.63) is 54.4 Å². The summed E-state index contributed by atoms with van der Waals surface area (Å²) in [5, 5.41) is 12.5. The molecule has 1 aromatic carbocycles. The van der Waals surface area contributed by atoms with Gasteiger partial charge in [-0.3, -0.25) is 4.98 Å². The zero-order valence-electron chi connectivity index (χ0n) is 8.22. The molecule has 2 aromatic rings. The molecule has 0 amide bonds. The van der Waals surface area contributed by atoms with E-state index in [0.717, 1.165) is 11.3 Å². The highest BCUT2D eigenvalue weighted by Gasteiger charge is 1.94. The Labute approximate surface area is 88.4 Å². The summed E-state index contributed by atoms with van der Waals surface area (Å²) in [4.78, 5) is 4.03. The molecule has 3 nitrogen and oxygen atoms in total. The number of nitrogens with zero attached hydrogens (tertiary/aromatic N) is 1. The first-order chi connectivity index (χ1) is 7.34. The molecule has 1 aromatic heterocycles. The van der Waals surface area contributed by atoms with Gasteiger partial charge in [-0.25, -0.2) is 0 Å². The van der Waals surface area contributed by atoms with E-state index >= 15 is 0 Å². The lowest BCUT2D eigenvalue weighted by molar-refractivity contribution is 0.475. The van der Waals surface area contributed by atoms with Gasteiger partial charge in [-0.05, 0) is 23.8 Å². The van der Waals surface area contributed by atoms with Gasteiger partial charge in [0.2, 0.25) is 0 Å². The number of aromatic nitrogens is 1. The monoisotopic (exact) mass is 200 g/mol. The van der Waals surface area contributed by atoms with Crippen LogP contribution in [0.3, 0.4) is 0 Å². The summed E-state index contributed by atoms with van der Waals surface area (Å²) in [6.45, 7) is 0.706. The number of aromatic hydroxyl groups is 1. The zero-order chi connectivity index (χ0) is 10.5. The topological polar surface area (TPSA) is 45.1 Å². The molecule has 2 N–H and O–H groups in total. The molecule has 0 saturated carbocycles. The minimum atomic E-state index is 0.270. The predicted octanol–water partition coefficient (Wildman–Crippen LogP) is 2.40. The number of benzene rings is 1. The quantitative estimate of drug-likeness (QED) is 0.799. The summed E-state index contributed by atoms with van der Waals surface area (Å²) in [6, 6.07) is 11.0. The number of nitrogens with one attached hydrogen (secondary N) is 1. The minimum absolute atomic E-state index is 0.270. The lowest BCUT2D eigenvalue weighted by Gasteiger charge is -2.05. The first-order valence-corrected chi connectivity index (χ1v) is 4.76. The lowest BCUT2D eigenvalue weighted by atomic mass is 10.2. The first-order valence-electron chi connectivity index (χ1n) is 4.76. The third-order valence-corrected chi connectivity index (χ3v) is 2.07. The Morgan fingerprint density at radius 1 is 1.20 bits per heavy atom. The van der Waals surface area contributed by atoms with Crippen molar-refractivity contribution in [3.8, 4) is 5.75 Å². The maximum Gasteiger partial charge on any atom is 0.117 e. The van der Waals surface area contributed by atoms with Crippen LogP contribution in [-0.4, -0.2) is 10.1 Å². The molecule has 0 atom stereocenters. The molecule has 0 fully saturated rings. The fourth-order valence-electron chi connectivity index (χ4n) is 1.32. The Balaban J connectivity index is 1.99. The molecule has 15 heavy (non-hydrogen) atoms. The zero-order valence-corrected chi connectivity index (χ0v) is 8.22. The highest BCUT2D eigenvalue weighted by Crippen LogP contribution is 2.15. The molecule has 0 bridgehead atoms. The van der Waals surface area contributed by atoms with Crippen LogP contribution in [0.5, 0.6) is 5.75 Å². The van der Waals surface area contributed by atoms with Crippen LogP contribution in [0.4, 0.5) is 5.69 Å². The third kappa shape index (κ3) is 2.71. The second-order valence-corrected chi connectivity index (χ2v) is 3.27. The summed E-state index contributed by atoms with van der Waals surface area (Å²) >= 11 is 0. The van der Waals surface area contributed by atoms with E-state index in [4.69, 9.17) is 0 Å². The van der Waals surface area contributed by atoms with Crippen molar-refractivity contribution in [2.24, 2.45) is 0 Å². The van der Waals surface area contributed by atoms with Gasteiger partial charge in [-0.1, -0.05) is 12.1 Å². The van der Waals surface area contributed by atoms with Crippen molar-refractivity contribution in [3.63, 3.8) is 0 Å². The van der Waals surface area contributed by atoms with Crippen LogP contribution in [0, 0.1) is 0 Å². The Bertz CT molecular complexity index is 429.